The van der Waals surface area contributed by atoms with Crippen LogP contribution in [-0.2, 0) is 30.0 Å². The first-order valence-corrected chi connectivity index (χ1v) is 16.0. The number of nitrogens with one attached hydrogen (secondary N) is 2. The highest BCUT2D eigenvalue weighted by Crippen LogP contribution is 2.49. The Hall–Kier alpha value is -4.13. The number of hydrogen-bond donors (Lipinski definition) is 3. The van der Waals surface area contributed by atoms with E-state index in [0.717, 1.165) is 17.9 Å². The van der Waals surface area contributed by atoms with Crippen LogP contribution < -0.4 is 20.9 Å². The number of halogens is 1. The van der Waals surface area contributed by atoms with E-state index in [2.05, 4.69) is 5.09 Å². The Morgan fingerprint density at radius 1 is 1.15 bits per heavy atom. The number of nitrogens with zero attached hydrogens (tertiary/aromatic N) is 1. The minimum absolute atomic E-state index is 0.0549. The van der Waals surface area contributed by atoms with Crippen LogP contribution in [0.15, 0.2) is 94.6 Å². The van der Waals surface area contributed by atoms with Crippen LogP contribution in [0.1, 0.15) is 35.3 Å². The largest absolute Gasteiger partial charge is 0.460 e. The van der Waals surface area contributed by atoms with E-state index in [1.54, 1.807) is 68.4 Å². The van der Waals surface area contributed by atoms with Gasteiger partial charge in [-0.2, -0.15) is 5.09 Å². The van der Waals surface area contributed by atoms with Crippen molar-refractivity contribution in [2.75, 3.05) is 6.61 Å². The fourth-order valence-corrected chi connectivity index (χ4v) is 6.66. The lowest BCUT2D eigenvalue weighted by atomic mass is 9.98. The molecule has 0 bridgehead atoms. The van der Waals surface area contributed by atoms with Crippen molar-refractivity contribution < 1.29 is 40.1 Å². The number of carbonyl (C=O) groups is 1. The highest BCUT2D eigenvalue weighted by molar-refractivity contribution is 7.52. The van der Waals surface area contributed by atoms with E-state index in [-0.39, 0.29) is 12.4 Å². The zero-order valence-electron chi connectivity index (χ0n) is 27.2. The summed E-state index contributed by atoms with van der Waals surface area (Å²) in [5.74, 6) is -1.11. The molecule has 0 radical (unpaired) electrons. The number of hydrogen-bond acceptors (Lipinski definition) is 9. The summed E-state index contributed by atoms with van der Waals surface area (Å²) >= 11 is 0. The van der Waals surface area contributed by atoms with Crippen molar-refractivity contribution in [3.63, 3.8) is 0 Å². The molecule has 12 nitrogen and oxygen atoms in total. The van der Waals surface area contributed by atoms with Crippen LogP contribution >= 0.6 is 7.75 Å². The van der Waals surface area contributed by atoms with Gasteiger partial charge >= 0.3 is 19.4 Å². The molecule has 46 heavy (non-hydrogen) atoms. The van der Waals surface area contributed by atoms with Crippen molar-refractivity contribution in [1.29, 1.82) is 0 Å². The molecular formula is C32H35FN3O9P. The standard InChI is InChI=1S/C32H35FN3O9P/c1-20(2)27(29(39)42-18-21-10-5-4-6-11-21)35-46(41,45-24-15-9-13-22-12-7-8-14-23(22)24)43-19-25-28(38)32(3,33)30(44-25)36-17-16-26(37)34-31(36)40/h4-17,20,25,27-28,30,38H,18-19H2,1-3H3,(H,35,41)(H,34,37,40)/t25-,27?,28-,30-,32-,46?/m1/s1/i16D,17D. The first-order valence-electron chi connectivity index (χ1n) is 15.5. The Morgan fingerprint density at radius 3 is 2.59 bits per heavy atom. The van der Waals surface area contributed by atoms with Crippen LogP contribution in [0, 0.1) is 5.92 Å². The van der Waals surface area contributed by atoms with E-state index in [1.807, 2.05) is 23.2 Å². The molecule has 244 valence electrons. The molecule has 3 N–H and O–H groups in total. The highest BCUT2D eigenvalue weighted by Gasteiger charge is 2.56. The predicted octanol–water partition coefficient (Wildman–Crippen LogP) is 4.24. The Balaban J connectivity index is 1.43. The number of H-pyrrole nitrogens is 1. The first kappa shape index (κ1) is 30.5. The molecule has 1 aliphatic rings. The number of aliphatic hydroxyl groups excluding tert-OH is 1. The van der Waals surface area contributed by atoms with Gasteiger partial charge in [-0.15, -0.1) is 0 Å². The van der Waals surface area contributed by atoms with Gasteiger partial charge < -0.3 is 19.1 Å². The molecule has 1 aliphatic heterocycles. The number of aliphatic hydroxyl groups is 1. The zero-order chi connectivity index (χ0) is 34.8. The normalized spacial score (nSPS) is 23.8. The number of alkyl halides is 1. The number of aromatic amines is 1. The molecule has 2 heterocycles. The van der Waals surface area contributed by atoms with E-state index < -0.39 is 79.9 Å². The van der Waals surface area contributed by atoms with Crippen LogP contribution in [0.2, 0.25) is 0 Å². The molecule has 0 aliphatic carbocycles. The van der Waals surface area contributed by atoms with Gasteiger partial charge in [0.25, 0.3) is 5.56 Å². The second-order valence-corrected chi connectivity index (χ2v) is 13.0. The lowest BCUT2D eigenvalue weighted by Crippen LogP contribution is -2.44. The van der Waals surface area contributed by atoms with E-state index in [1.165, 1.54) is 0 Å². The summed E-state index contributed by atoms with van der Waals surface area (Å²) < 4.78 is 69.6. The molecular weight excluding hydrogens is 620 g/mol. The number of ether oxygens (including phenoxy) is 2. The van der Waals surface area contributed by atoms with Crippen LogP contribution in [0.4, 0.5) is 4.39 Å². The Bertz CT molecular complexity index is 1950. The molecule has 0 saturated carbocycles. The van der Waals surface area contributed by atoms with Gasteiger partial charge in [0.05, 0.1) is 9.35 Å². The molecule has 4 aromatic rings. The fraction of sp³-hybridized carbons (Fsp3) is 0.344. The second-order valence-electron chi connectivity index (χ2n) is 11.3. The third kappa shape index (κ3) is 7.30. The van der Waals surface area contributed by atoms with Gasteiger partial charge in [0.1, 0.15) is 30.6 Å². The van der Waals surface area contributed by atoms with E-state index in [9.17, 15) is 24.1 Å². The SMILES string of the molecule is [2H]c1c([2H])n([C@@H]2O[C@H](COP(=O)(NC(C(=O)OCc3ccccc3)C(C)C)Oc3cccc4ccccc34)[C@@H](O)[C@@]2(C)F)c(=O)[nH]c1=O. The number of carbonyl (C=O) groups excluding carboxylic acids is 1. The quantitative estimate of drug-likeness (QED) is 0.149. The smallest absolute Gasteiger partial charge is 0.459 e. The number of fused-ring (bicyclic) bond motifs is 1. The number of rotatable bonds is 12. The van der Waals surface area contributed by atoms with Crippen molar-refractivity contribution in [2.45, 2.75) is 57.5 Å². The molecule has 1 fully saturated rings. The number of esters is 1. The Kier molecular flexibility index (Phi) is 9.09. The highest BCUT2D eigenvalue weighted by atomic mass is 31.2. The summed E-state index contributed by atoms with van der Waals surface area (Å²) in [6.07, 6.45) is -6.50. The molecule has 1 saturated heterocycles. The Morgan fingerprint density at radius 2 is 1.85 bits per heavy atom. The molecule has 6 atom stereocenters. The van der Waals surface area contributed by atoms with E-state index >= 15 is 4.39 Å². The summed E-state index contributed by atoms with van der Waals surface area (Å²) in [7, 11) is -4.60. The maximum Gasteiger partial charge on any atom is 0.459 e. The summed E-state index contributed by atoms with van der Waals surface area (Å²) in [6.45, 7) is 3.45. The average Bonchev–Trinajstić information content (AvgIpc) is 3.28. The lowest BCUT2D eigenvalue weighted by molar-refractivity contribution is -0.148. The van der Waals surface area contributed by atoms with Crippen molar-refractivity contribution in [3.8, 4) is 5.75 Å². The lowest BCUT2D eigenvalue weighted by Gasteiger charge is -2.28. The summed E-state index contributed by atoms with van der Waals surface area (Å²) in [5, 5.41) is 14.9. The van der Waals surface area contributed by atoms with Gasteiger partial charge in [0, 0.05) is 17.6 Å². The maximum atomic E-state index is 16.0. The van der Waals surface area contributed by atoms with Gasteiger partial charge in [-0.1, -0.05) is 80.6 Å². The monoisotopic (exact) mass is 657 g/mol. The van der Waals surface area contributed by atoms with Gasteiger partial charge in [-0.05, 0) is 29.9 Å². The number of benzene rings is 3. The second kappa shape index (κ2) is 13.7. The minimum atomic E-state index is -4.60. The van der Waals surface area contributed by atoms with Gasteiger partial charge in [-0.3, -0.25) is 23.7 Å². The first-order chi connectivity index (χ1) is 22.7. The van der Waals surface area contributed by atoms with Crippen LogP contribution in [0.25, 0.3) is 10.8 Å². The van der Waals surface area contributed by atoms with Crippen molar-refractivity contribution in [3.05, 3.63) is 111 Å². The average molecular weight is 658 g/mol. The zero-order valence-corrected chi connectivity index (χ0v) is 26.1. The van der Waals surface area contributed by atoms with Gasteiger partial charge in [0.15, 0.2) is 11.9 Å². The molecule has 14 heteroatoms. The predicted molar refractivity (Wildman–Crippen MR) is 167 cm³/mol. The molecule has 0 spiro atoms. The molecule has 1 aromatic heterocycles. The minimum Gasteiger partial charge on any atom is -0.460 e. The topological polar surface area (TPSA) is 158 Å². The fourth-order valence-electron chi connectivity index (χ4n) is 4.97. The van der Waals surface area contributed by atoms with Crippen molar-refractivity contribution in [2.24, 2.45) is 5.92 Å². The third-order valence-corrected chi connectivity index (χ3v) is 9.02. The summed E-state index contributed by atoms with van der Waals surface area (Å²) in [4.78, 5) is 39.5. The van der Waals surface area contributed by atoms with Gasteiger partial charge in [0.2, 0.25) is 0 Å². The van der Waals surface area contributed by atoms with Crippen molar-refractivity contribution >= 4 is 24.5 Å². The van der Waals surface area contributed by atoms with Crippen LogP contribution in [0.5, 0.6) is 5.75 Å². The van der Waals surface area contributed by atoms with Crippen LogP contribution in [0.3, 0.4) is 0 Å². The summed E-state index contributed by atoms with van der Waals surface area (Å²) in [5.41, 5.74) is -4.40. The van der Waals surface area contributed by atoms with E-state index in [4.69, 9.17) is 21.3 Å². The number of aromatic nitrogens is 2. The molecule has 3 aromatic carbocycles. The maximum absolute atomic E-state index is 16.0. The summed E-state index contributed by atoms with van der Waals surface area (Å²) in [6, 6.07) is 18.9. The molecule has 2 unspecified atom stereocenters. The van der Waals surface area contributed by atoms with Crippen molar-refractivity contribution in [1.82, 2.24) is 14.6 Å². The Labute approximate surface area is 266 Å². The molecule has 0 amide bonds. The van der Waals surface area contributed by atoms with Crippen LogP contribution in [-0.4, -0.2) is 51.2 Å². The third-order valence-electron chi connectivity index (χ3n) is 7.50. The van der Waals surface area contributed by atoms with Gasteiger partial charge in [-0.25, -0.2) is 13.8 Å². The van der Waals surface area contributed by atoms with E-state index in [0.29, 0.717) is 9.95 Å². The molecule has 5 rings (SSSR count).